The molecule has 1 saturated heterocycles. The quantitative estimate of drug-likeness (QED) is 0.909. The first-order valence-corrected chi connectivity index (χ1v) is 9.22. The molecule has 0 saturated carbocycles. The molecule has 0 spiro atoms. The van der Waals surface area contributed by atoms with Gasteiger partial charge in [-0.1, -0.05) is 19.1 Å². The summed E-state index contributed by atoms with van der Waals surface area (Å²) in [6.07, 6.45) is 2.94. The van der Waals surface area contributed by atoms with Crippen molar-refractivity contribution in [1.29, 1.82) is 0 Å². The summed E-state index contributed by atoms with van der Waals surface area (Å²) < 4.78 is 28.0. The van der Waals surface area contributed by atoms with Gasteiger partial charge in [0, 0.05) is 6.04 Å². The number of nitrogens with zero attached hydrogens (tertiary/aromatic N) is 1. The Balaban J connectivity index is 2.04. The third-order valence-electron chi connectivity index (χ3n) is 4.08. The van der Waals surface area contributed by atoms with E-state index in [1.54, 1.807) is 6.07 Å². The molecule has 0 bridgehead atoms. The van der Waals surface area contributed by atoms with Gasteiger partial charge in [-0.15, -0.1) is 0 Å². The maximum Gasteiger partial charge on any atom is 0.241 e. The van der Waals surface area contributed by atoms with Gasteiger partial charge in [-0.25, -0.2) is 13.1 Å². The van der Waals surface area contributed by atoms with Crippen molar-refractivity contribution in [2.45, 2.75) is 51.0 Å². The highest BCUT2D eigenvalue weighted by Gasteiger charge is 2.25. The van der Waals surface area contributed by atoms with Gasteiger partial charge in [0.1, 0.15) is 0 Å². The molecule has 1 N–H and O–H groups in total. The number of hydrogen-bond donors (Lipinski definition) is 1. The van der Waals surface area contributed by atoms with Crippen LogP contribution in [-0.4, -0.2) is 39.0 Å². The fourth-order valence-electron chi connectivity index (χ4n) is 2.87. The summed E-state index contributed by atoms with van der Waals surface area (Å²) in [5.41, 5.74) is 1.77. The van der Waals surface area contributed by atoms with Gasteiger partial charge in [-0.2, -0.15) is 0 Å². The smallest absolute Gasteiger partial charge is 0.241 e. The molecule has 0 atom stereocenters. The Hall–Kier alpha value is -0.910. The topological polar surface area (TPSA) is 49.4 Å². The van der Waals surface area contributed by atoms with E-state index in [9.17, 15) is 8.42 Å². The molecule has 0 radical (unpaired) electrons. The number of piperidine rings is 1. The van der Waals surface area contributed by atoms with Crippen LogP contribution in [0.25, 0.3) is 0 Å². The first-order chi connectivity index (χ1) is 9.92. The summed E-state index contributed by atoms with van der Waals surface area (Å²) in [5.74, 6) is 0. The third kappa shape index (κ3) is 4.28. The predicted molar refractivity (Wildman–Crippen MR) is 86.0 cm³/mol. The van der Waals surface area contributed by atoms with Crippen LogP contribution >= 0.6 is 0 Å². The molecule has 0 aromatic heterocycles. The maximum absolute atomic E-state index is 12.6. The monoisotopic (exact) mass is 310 g/mol. The van der Waals surface area contributed by atoms with Gasteiger partial charge in [-0.3, -0.25) is 0 Å². The van der Waals surface area contributed by atoms with E-state index in [1.807, 2.05) is 26.0 Å². The number of hydrogen-bond acceptors (Lipinski definition) is 3. The van der Waals surface area contributed by atoms with Crippen LogP contribution in [0.15, 0.2) is 23.1 Å². The molecule has 118 valence electrons. The summed E-state index contributed by atoms with van der Waals surface area (Å²) in [5, 5.41) is 0. The minimum atomic E-state index is -3.41. The zero-order valence-electron chi connectivity index (χ0n) is 13.2. The van der Waals surface area contributed by atoms with Gasteiger partial charge in [0.25, 0.3) is 0 Å². The standard InChI is InChI=1S/C16H26N2O2S/c1-4-9-18-10-7-15(8-11-18)17-21(19,20)16-12-13(2)5-6-14(16)3/h5-6,12,15,17H,4,7-11H2,1-3H3. The summed E-state index contributed by atoms with van der Waals surface area (Å²) in [6.45, 7) is 9.01. The highest BCUT2D eigenvalue weighted by atomic mass is 32.2. The lowest BCUT2D eigenvalue weighted by molar-refractivity contribution is 0.208. The first kappa shape index (κ1) is 16.5. The molecule has 0 aliphatic carbocycles. The van der Waals surface area contributed by atoms with Gasteiger partial charge < -0.3 is 4.90 Å². The third-order valence-corrected chi connectivity index (χ3v) is 5.74. The van der Waals surface area contributed by atoms with E-state index in [0.29, 0.717) is 4.90 Å². The van der Waals surface area contributed by atoms with Crippen molar-refractivity contribution in [2.24, 2.45) is 0 Å². The number of aryl methyl sites for hydroxylation is 2. The Bertz CT molecular complexity index is 576. The van der Waals surface area contributed by atoms with Gasteiger partial charge in [0.2, 0.25) is 10.0 Å². The van der Waals surface area contributed by atoms with Crippen molar-refractivity contribution in [3.05, 3.63) is 29.3 Å². The van der Waals surface area contributed by atoms with Crippen LogP contribution in [0.4, 0.5) is 0 Å². The van der Waals surface area contributed by atoms with Crippen LogP contribution in [0.5, 0.6) is 0 Å². The van der Waals surface area contributed by atoms with E-state index in [2.05, 4.69) is 16.5 Å². The average Bonchev–Trinajstić information content (AvgIpc) is 2.43. The Labute approximate surface area is 128 Å². The molecule has 1 fully saturated rings. The Kier molecular flexibility index (Phi) is 5.41. The second-order valence-electron chi connectivity index (χ2n) is 6.01. The number of sulfonamides is 1. The molecule has 1 aliphatic rings. The van der Waals surface area contributed by atoms with Gasteiger partial charge in [0.05, 0.1) is 4.90 Å². The molecule has 1 heterocycles. The lowest BCUT2D eigenvalue weighted by Crippen LogP contribution is -2.44. The number of benzene rings is 1. The lowest BCUT2D eigenvalue weighted by atomic mass is 10.1. The molecule has 0 unspecified atom stereocenters. The number of rotatable bonds is 5. The van der Waals surface area contributed by atoms with Crippen molar-refractivity contribution in [3.8, 4) is 0 Å². The van der Waals surface area contributed by atoms with Crippen molar-refractivity contribution in [1.82, 2.24) is 9.62 Å². The molecule has 1 aromatic carbocycles. The number of nitrogens with one attached hydrogen (secondary N) is 1. The van der Waals surface area contributed by atoms with Crippen molar-refractivity contribution in [3.63, 3.8) is 0 Å². The van der Waals surface area contributed by atoms with Gasteiger partial charge in [-0.05, 0) is 69.9 Å². The zero-order chi connectivity index (χ0) is 15.5. The van der Waals surface area contributed by atoms with Crippen LogP contribution < -0.4 is 4.72 Å². The molecule has 21 heavy (non-hydrogen) atoms. The van der Waals surface area contributed by atoms with E-state index in [1.165, 1.54) is 0 Å². The predicted octanol–water partition coefficient (Wildman–Crippen LogP) is 2.46. The van der Waals surface area contributed by atoms with Crippen LogP contribution in [0.1, 0.15) is 37.3 Å². The minimum Gasteiger partial charge on any atom is -0.303 e. The highest BCUT2D eigenvalue weighted by molar-refractivity contribution is 7.89. The lowest BCUT2D eigenvalue weighted by Gasteiger charge is -2.32. The van der Waals surface area contributed by atoms with Crippen LogP contribution in [0, 0.1) is 13.8 Å². The Morgan fingerprint density at radius 2 is 1.90 bits per heavy atom. The maximum atomic E-state index is 12.6. The van der Waals surface area contributed by atoms with Gasteiger partial charge in [0.15, 0.2) is 0 Å². The second kappa shape index (κ2) is 6.90. The fraction of sp³-hybridized carbons (Fsp3) is 0.625. The van der Waals surface area contributed by atoms with Crippen LogP contribution in [0.3, 0.4) is 0 Å². The van der Waals surface area contributed by atoms with Crippen molar-refractivity contribution < 1.29 is 8.42 Å². The Morgan fingerprint density at radius 3 is 2.52 bits per heavy atom. The normalized spacial score (nSPS) is 18.0. The van der Waals surface area contributed by atoms with E-state index in [-0.39, 0.29) is 6.04 Å². The summed E-state index contributed by atoms with van der Waals surface area (Å²) in [4.78, 5) is 2.82. The summed E-state index contributed by atoms with van der Waals surface area (Å²) in [6, 6.07) is 5.62. The summed E-state index contributed by atoms with van der Waals surface area (Å²) >= 11 is 0. The van der Waals surface area contributed by atoms with E-state index in [0.717, 1.165) is 50.0 Å². The Morgan fingerprint density at radius 1 is 1.24 bits per heavy atom. The minimum absolute atomic E-state index is 0.0584. The molecular weight excluding hydrogens is 284 g/mol. The van der Waals surface area contributed by atoms with E-state index >= 15 is 0 Å². The molecule has 1 aromatic rings. The van der Waals surface area contributed by atoms with Crippen LogP contribution in [-0.2, 0) is 10.0 Å². The molecular formula is C16H26N2O2S. The molecule has 0 amide bonds. The first-order valence-electron chi connectivity index (χ1n) is 7.74. The average molecular weight is 310 g/mol. The van der Waals surface area contributed by atoms with Crippen LogP contribution in [0.2, 0.25) is 0 Å². The SMILES string of the molecule is CCCN1CCC(NS(=O)(=O)c2cc(C)ccc2C)CC1. The molecule has 2 rings (SSSR count). The van der Waals surface area contributed by atoms with Crippen molar-refractivity contribution >= 4 is 10.0 Å². The zero-order valence-corrected chi connectivity index (χ0v) is 14.0. The van der Waals surface area contributed by atoms with E-state index in [4.69, 9.17) is 0 Å². The number of likely N-dealkylation sites (tertiary alicyclic amines) is 1. The summed E-state index contributed by atoms with van der Waals surface area (Å²) in [7, 11) is -3.41. The van der Waals surface area contributed by atoms with Crippen molar-refractivity contribution in [2.75, 3.05) is 19.6 Å². The fourth-order valence-corrected chi connectivity index (χ4v) is 4.50. The largest absolute Gasteiger partial charge is 0.303 e. The van der Waals surface area contributed by atoms with Gasteiger partial charge >= 0.3 is 0 Å². The molecule has 4 nitrogen and oxygen atoms in total. The van der Waals surface area contributed by atoms with E-state index < -0.39 is 10.0 Å². The molecule has 1 aliphatic heterocycles. The second-order valence-corrected chi connectivity index (χ2v) is 7.69. The molecule has 5 heteroatoms. The highest BCUT2D eigenvalue weighted by Crippen LogP contribution is 2.19.